The molecule has 24 heavy (non-hydrogen) atoms. The molecule has 0 aliphatic carbocycles. The molecule has 1 unspecified atom stereocenters. The molecule has 2 amide bonds. The van der Waals surface area contributed by atoms with Crippen LogP contribution in [0.25, 0.3) is 0 Å². The van der Waals surface area contributed by atoms with Crippen molar-refractivity contribution in [3.8, 4) is 0 Å². The molecule has 3 rings (SSSR count). The highest BCUT2D eigenvalue weighted by Gasteiger charge is 2.16. The fourth-order valence-electron chi connectivity index (χ4n) is 3.08. The van der Waals surface area contributed by atoms with Crippen molar-refractivity contribution in [2.75, 3.05) is 19.6 Å². The highest BCUT2D eigenvalue weighted by Crippen LogP contribution is 2.18. The van der Waals surface area contributed by atoms with Gasteiger partial charge in [0.05, 0.1) is 6.04 Å². The third kappa shape index (κ3) is 4.17. The molecule has 128 valence electrons. The maximum atomic E-state index is 12.0. The van der Waals surface area contributed by atoms with Gasteiger partial charge in [-0.05, 0) is 43.5 Å². The van der Waals surface area contributed by atoms with Gasteiger partial charge in [-0.15, -0.1) is 0 Å². The Hall–Kier alpha value is -2.27. The van der Waals surface area contributed by atoms with E-state index in [1.807, 2.05) is 26.0 Å². The number of nitrogens with zero attached hydrogens (tertiary/aromatic N) is 1. The van der Waals surface area contributed by atoms with Gasteiger partial charge in [-0.1, -0.05) is 24.3 Å². The normalized spacial score (nSPS) is 15.6. The Kier molecular flexibility index (Phi) is 5.20. The number of urea groups is 1. The quantitative estimate of drug-likeness (QED) is 0.887. The van der Waals surface area contributed by atoms with E-state index in [0.29, 0.717) is 6.54 Å². The van der Waals surface area contributed by atoms with Crippen molar-refractivity contribution in [3.05, 3.63) is 59.0 Å². The van der Waals surface area contributed by atoms with Gasteiger partial charge in [0.1, 0.15) is 11.5 Å². The minimum atomic E-state index is -0.158. The van der Waals surface area contributed by atoms with E-state index >= 15 is 0 Å². The van der Waals surface area contributed by atoms with Crippen LogP contribution in [-0.2, 0) is 13.0 Å². The summed E-state index contributed by atoms with van der Waals surface area (Å²) < 4.78 is 5.53. The monoisotopic (exact) mass is 327 g/mol. The average molecular weight is 327 g/mol. The summed E-state index contributed by atoms with van der Waals surface area (Å²) in [7, 11) is 0. The predicted molar refractivity (Wildman–Crippen MR) is 93.8 cm³/mol. The van der Waals surface area contributed by atoms with E-state index in [4.69, 9.17) is 4.42 Å². The Morgan fingerprint density at radius 1 is 1.25 bits per heavy atom. The lowest BCUT2D eigenvalue weighted by atomic mass is 10.00. The molecule has 1 aliphatic heterocycles. The zero-order chi connectivity index (χ0) is 16.9. The van der Waals surface area contributed by atoms with Gasteiger partial charge in [0.25, 0.3) is 0 Å². The van der Waals surface area contributed by atoms with Gasteiger partial charge >= 0.3 is 6.03 Å². The number of hydrogen-bond donors (Lipinski definition) is 2. The van der Waals surface area contributed by atoms with E-state index in [-0.39, 0.29) is 12.1 Å². The Morgan fingerprint density at radius 3 is 2.79 bits per heavy atom. The van der Waals surface area contributed by atoms with E-state index in [9.17, 15) is 4.79 Å². The summed E-state index contributed by atoms with van der Waals surface area (Å²) in [6.07, 6.45) is 1.08. The number of benzene rings is 1. The van der Waals surface area contributed by atoms with Crippen molar-refractivity contribution in [1.82, 2.24) is 15.5 Å². The molecule has 0 saturated carbocycles. The maximum absolute atomic E-state index is 12.0. The number of amides is 2. The van der Waals surface area contributed by atoms with E-state index < -0.39 is 0 Å². The summed E-state index contributed by atoms with van der Waals surface area (Å²) in [5.41, 5.74) is 2.84. The lowest BCUT2D eigenvalue weighted by Gasteiger charge is -2.28. The number of rotatable bonds is 5. The Morgan fingerprint density at radius 2 is 2.04 bits per heavy atom. The van der Waals surface area contributed by atoms with Gasteiger partial charge in [-0.25, -0.2) is 4.79 Å². The number of hydrogen-bond acceptors (Lipinski definition) is 3. The van der Waals surface area contributed by atoms with Crippen molar-refractivity contribution in [1.29, 1.82) is 0 Å². The number of aryl methyl sites for hydroxylation is 1. The topological polar surface area (TPSA) is 57.5 Å². The zero-order valence-electron chi connectivity index (χ0n) is 14.3. The van der Waals surface area contributed by atoms with Crippen molar-refractivity contribution in [3.63, 3.8) is 0 Å². The number of furan rings is 1. The first-order valence-corrected chi connectivity index (χ1v) is 8.51. The molecule has 5 nitrogen and oxygen atoms in total. The van der Waals surface area contributed by atoms with Crippen LogP contribution in [0.5, 0.6) is 0 Å². The second-order valence-corrected chi connectivity index (χ2v) is 6.37. The van der Waals surface area contributed by atoms with Gasteiger partial charge in [-0.3, -0.25) is 4.90 Å². The predicted octanol–water partition coefficient (Wildman–Crippen LogP) is 3.01. The van der Waals surface area contributed by atoms with Crippen LogP contribution in [0.3, 0.4) is 0 Å². The first-order valence-electron chi connectivity index (χ1n) is 8.51. The summed E-state index contributed by atoms with van der Waals surface area (Å²) in [4.78, 5) is 14.4. The Bertz CT molecular complexity index is 695. The van der Waals surface area contributed by atoms with Crippen LogP contribution in [0.1, 0.15) is 35.6 Å². The number of fused-ring (bicyclic) bond motifs is 1. The zero-order valence-corrected chi connectivity index (χ0v) is 14.3. The minimum Gasteiger partial charge on any atom is -0.464 e. The lowest BCUT2D eigenvalue weighted by molar-refractivity contribution is 0.227. The lowest BCUT2D eigenvalue weighted by Crippen LogP contribution is -2.42. The minimum absolute atomic E-state index is 0.138. The van der Waals surface area contributed by atoms with Gasteiger partial charge in [0.2, 0.25) is 0 Å². The van der Waals surface area contributed by atoms with Crippen LogP contribution < -0.4 is 10.6 Å². The second kappa shape index (κ2) is 7.53. The van der Waals surface area contributed by atoms with E-state index in [2.05, 4.69) is 39.8 Å². The van der Waals surface area contributed by atoms with Gasteiger partial charge in [0.15, 0.2) is 0 Å². The average Bonchev–Trinajstić information content (AvgIpc) is 3.01. The Balaban J connectivity index is 1.40. The van der Waals surface area contributed by atoms with Crippen LogP contribution in [0, 0.1) is 6.92 Å². The van der Waals surface area contributed by atoms with Crippen LogP contribution in [0.2, 0.25) is 0 Å². The molecule has 1 aromatic carbocycles. The van der Waals surface area contributed by atoms with Gasteiger partial charge in [0, 0.05) is 26.2 Å². The second-order valence-electron chi connectivity index (χ2n) is 6.37. The summed E-state index contributed by atoms with van der Waals surface area (Å²) in [5.74, 6) is 1.62. The summed E-state index contributed by atoms with van der Waals surface area (Å²) in [5, 5.41) is 5.83. The molecule has 2 heterocycles. The fraction of sp³-hybridized carbons (Fsp3) is 0.421. The molecule has 0 spiro atoms. The maximum Gasteiger partial charge on any atom is 0.315 e. The molecule has 1 atom stereocenters. The van der Waals surface area contributed by atoms with Gasteiger partial charge in [-0.2, -0.15) is 0 Å². The molecule has 1 aliphatic rings. The van der Waals surface area contributed by atoms with Crippen molar-refractivity contribution < 1.29 is 9.21 Å². The standard InChI is InChI=1S/C19H25N3O2/c1-14-7-8-18(24-14)15(2)21-19(23)20-10-12-22-11-9-16-5-3-4-6-17(16)13-22/h3-8,15H,9-13H2,1-2H3,(H2,20,21,23). The molecule has 5 heteroatoms. The summed E-state index contributed by atoms with van der Waals surface area (Å²) >= 11 is 0. The molecular formula is C19H25N3O2. The van der Waals surface area contributed by atoms with Crippen LogP contribution in [0.15, 0.2) is 40.8 Å². The first kappa shape index (κ1) is 16.6. The van der Waals surface area contributed by atoms with Crippen LogP contribution in [0.4, 0.5) is 4.79 Å². The number of carbonyl (C=O) groups excluding carboxylic acids is 1. The highest BCUT2D eigenvalue weighted by molar-refractivity contribution is 5.74. The van der Waals surface area contributed by atoms with Gasteiger partial charge < -0.3 is 15.1 Å². The van der Waals surface area contributed by atoms with Crippen LogP contribution >= 0.6 is 0 Å². The third-order valence-electron chi connectivity index (χ3n) is 4.46. The van der Waals surface area contributed by atoms with E-state index in [1.165, 1.54) is 11.1 Å². The molecule has 0 saturated heterocycles. The smallest absolute Gasteiger partial charge is 0.315 e. The molecule has 2 aromatic rings. The summed E-state index contributed by atoms with van der Waals surface area (Å²) in [6, 6.07) is 12.1. The summed E-state index contributed by atoms with van der Waals surface area (Å²) in [6.45, 7) is 7.31. The highest BCUT2D eigenvalue weighted by atomic mass is 16.3. The molecule has 0 fully saturated rings. The molecule has 1 aromatic heterocycles. The first-order chi connectivity index (χ1) is 11.6. The van der Waals surface area contributed by atoms with Crippen molar-refractivity contribution in [2.45, 2.75) is 32.9 Å². The van der Waals surface area contributed by atoms with E-state index in [1.54, 1.807) is 0 Å². The SMILES string of the molecule is Cc1ccc(C(C)NC(=O)NCCN2CCc3ccccc3C2)o1. The third-order valence-corrected chi connectivity index (χ3v) is 4.46. The largest absolute Gasteiger partial charge is 0.464 e. The fourth-order valence-corrected chi connectivity index (χ4v) is 3.08. The molecule has 0 radical (unpaired) electrons. The van der Waals surface area contributed by atoms with E-state index in [0.717, 1.165) is 37.6 Å². The van der Waals surface area contributed by atoms with Crippen LogP contribution in [-0.4, -0.2) is 30.6 Å². The molecular weight excluding hydrogens is 302 g/mol. The number of nitrogens with one attached hydrogen (secondary N) is 2. The molecule has 2 N–H and O–H groups in total. The Labute approximate surface area is 143 Å². The number of carbonyl (C=O) groups is 1. The van der Waals surface area contributed by atoms with Crippen molar-refractivity contribution in [2.24, 2.45) is 0 Å². The van der Waals surface area contributed by atoms with Crippen molar-refractivity contribution >= 4 is 6.03 Å². The molecule has 0 bridgehead atoms.